The molecule has 0 aliphatic carbocycles. The van der Waals surface area contributed by atoms with Crippen LogP contribution in [0.1, 0.15) is 37.1 Å². The largest absolute Gasteiger partial charge is 0.385 e. The zero-order valence-electron chi connectivity index (χ0n) is 7.43. The standard InChI is InChI=1S/C8H12N2O3/c1-5(11)7-9-8(13-10-7)6-2-3-12-4-6/h5-6,11H,2-4H2,1H3. The molecule has 0 saturated carbocycles. The summed E-state index contributed by atoms with van der Waals surface area (Å²) in [5.41, 5.74) is 0. The summed E-state index contributed by atoms with van der Waals surface area (Å²) >= 11 is 0. The average Bonchev–Trinajstić information content (AvgIpc) is 2.75. The number of aliphatic hydroxyl groups excluding tert-OH is 1. The maximum absolute atomic E-state index is 9.16. The van der Waals surface area contributed by atoms with Gasteiger partial charge in [-0.25, -0.2) is 0 Å². The van der Waals surface area contributed by atoms with E-state index in [4.69, 9.17) is 14.4 Å². The molecule has 5 heteroatoms. The lowest BCUT2D eigenvalue weighted by Gasteiger charge is -1.97. The van der Waals surface area contributed by atoms with Crippen LogP contribution in [0.5, 0.6) is 0 Å². The van der Waals surface area contributed by atoms with Gasteiger partial charge in [-0.1, -0.05) is 5.16 Å². The summed E-state index contributed by atoms with van der Waals surface area (Å²) in [6, 6.07) is 0. The van der Waals surface area contributed by atoms with Gasteiger partial charge in [-0.05, 0) is 13.3 Å². The number of aliphatic hydroxyl groups is 1. The Balaban J connectivity index is 2.12. The van der Waals surface area contributed by atoms with E-state index in [9.17, 15) is 0 Å². The maximum Gasteiger partial charge on any atom is 0.232 e. The first-order valence-corrected chi connectivity index (χ1v) is 4.36. The van der Waals surface area contributed by atoms with Gasteiger partial charge in [0.15, 0.2) is 5.82 Å². The molecule has 2 heterocycles. The molecule has 2 unspecified atom stereocenters. The van der Waals surface area contributed by atoms with Gasteiger partial charge < -0.3 is 14.4 Å². The molecule has 1 fully saturated rings. The normalized spacial score (nSPS) is 24.9. The molecule has 0 aromatic carbocycles. The maximum atomic E-state index is 9.16. The topological polar surface area (TPSA) is 68.4 Å². The Morgan fingerprint density at radius 1 is 1.62 bits per heavy atom. The van der Waals surface area contributed by atoms with Crippen LogP contribution in [0.25, 0.3) is 0 Å². The van der Waals surface area contributed by atoms with Crippen LogP contribution in [0.3, 0.4) is 0 Å². The van der Waals surface area contributed by atoms with Gasteiger partial charge in [0, 0.05) is 6.61 Å². The van der Waals surface area contributed by atoms with Crippen LogP contribution in [0.15, 0.2) is 4.52 Å². The van der Waals surface area contributed by atoms with Gasteiger partial charge in [-0.2, -0.15) is 4.98 Å². The lowest BCUT2D eigenvalue weighted by molar-refractivity contribution is 0.183. The van der Waals surface area contributed by atoms with E-state index in [2.05, 4.69) is 10.1 Å². The van der Waals surface area contributed by atoms with Crippen molar-refractivity contribution in [2.45, 2.75) is 25.4 Å². The van der Waals surface area contributed by atoms with Crippen molar-refractivity contribution in [1.29, 1.82) is 0 Å². The van der Waals surface area contributed by atoms with E-state index < -0.39 is 6.10 Å². The van der Waals surface area contributed by atoms with Crippen molar-refractivity contribution in [3.05, 3.63) is 11.7 Å². The second-order valence-electron chi connectivity index (χ2n) is 3.23. The molecule has 0 bridgehead atoms. The second-order valence-corrected chi connectivity index (χ2v) is 3.23. The molecule has 0 amide bonds. The van der Waals surface area contributed by atoms with Gasteiger partial charge in [-0.15, -0.1) is 0 Å². The molecular weight excluding hydrogens is 172 g/mol. The smallest absolute Gasteiger partial charge is 0.232 e. The quantitative estimate of drug-likeness (QED) is 0.730. The summed E-state index contributed by atoms with van der Waals surface area (Å²) in [6.07, 6.45) is 0.251. The van der Waals surface area contributed by atoms with E-state index in [1.165, 1.54) is 0 Å². The van der Waals surface area contributed by atoms with E-state index in [0.717, 1.165) is 13.0 Å². The predicted molar refractivity (Wildman–Crippen MR) is 43.1 cm³/mol. The highest BCUT2D eigenvalue weighted by Crippen LogP contribution is 2.24. The number of rotatable bonds is 2. The molecule has 72 valence electrons. The Morgan fingerprint density at radius 2 is 2.46 bits per heavy atom. The van der Waals surface area contributed by atoms with Gasteiger partial charge in [0.2, 0.25) is 5.89 Å². The van der Waals surface area contributed by atoms with E-state index >= 15 is 0 Å². The first kappa shape index (κ1) is 8.65. The second kappa shape index (κ2) is 3.43. The molecule has 2 rings (SSSR count). The zero-order valence-corrected chi connectivity index (χ0v) is 7.43. The first-order chi connectivity index (χ1) is 6.27. The van der Waals surface area contributed by atoms with Crippen LogP contribution in [0.2, 0.25) is 0 Å². The van der Waals surface area contributed by atoms with E-state index in [1.807, 2.05) is 0 Å². The third-order valence-corrected chi connectivity index (χ3v) is 2.11. The van der Waals surface area contributed by atoms with Gasteiger partial charge in [0.25, 0.3) is 0 Å². The molecule has 13 heavy (non-hydrogen) atoms. The lowest BCUT2D eigenvalue weighted by atomic mass is 10.1. The van der Waals surface area contributed by atoms with Gasteiger partial charge in [-0.3, -0.25) is 0 Å². The molecule has 1 aromatic heterocycles. The third kappa shape index (κ3) is 1.71. The van der Waals surface area contributed by atoms with E-state index in [1.54, 1.807) is 6.92 Å². The molecule has 1 aliphatic rings. The Morgan fingerprint density at radius 3 is 3.00 bits per heavy atom. The van der Waals surface area contributed by atoms with E-state index in [0.29, 0.717) is 18.3 Å². The fourth-order valence-corrected chi connectivity index (χ4v) is 1.31. The highest BCUT2D eigenvalue weighted by atomic mass is 16.5. The zero-order chi connectivity index (χ0) is 9.26. The summed E-state index contributed by atoms with van der Waals surface area (Å²) < 4.78 is 10.2. The molecule has 5 nitrogen and oxygen atoms in total. The molecule has 1 aromatic rings. The summed E-state index contributed by atoms with van der Waals surface area (Å²) in [5.74, 6) is 1.13. The third-order valence-electron chi connectivity index (χ3n) is 2.11. The molecule has 0 spiro atoms. The molecule has 1 saturated heterocycles. The van der Waals surface area contributed by atoms with Crippen molar-refractivity contribution >= 4 is 0 Å². The van der Waals surface area contributed by atoms with Crippen LogP contribution >= 0.6 is 0 Å². The Kier molecular flexibility index (Phi) is 2.28. The van der Waals surface area contributed by atoms with Crippen LogP contribution in [0, 0.1) is 0 Å². The van der Waals surface area contributed by atoms with Crippen molar-refractivity contribution in [3.8, 4) is 0 Å². The molecular formula is C8H12N2O3. The van der Waals surface area contributed by atoms with Crippen molar-refractivity contribution in [3.63, 3.8) is 0 Å². The highest BCUT2D eigenvalue weighted by molar-refractivity contribution is 4.97. The summed E-state index contributed by atoms with van der Waals surface area (Å²) in [5, 5.41) is 12.8. The highest BCUT2D eigenvalue weighted by Gasteiger charge is 2.24. The minimum atomic E-state index is -0.667. The van der Waals surface area contributed by atoms with Crippen molar-refractivity contribution in [2.24, 2.45) is 0 Å². The fourth-order valence-electron chi connectivity index (χ4n) is 1.31. The SMILES string of the molecule is CC(O)c1noc(C2CCOC2)n1. The average molecular weight is 184 g/mol. The molecule has 1 N–H and O–H groups in total. The van der Waals surface area contributed by atoms with E-state index in [-0.39, 0.29) is 5.92 Å². The number of hydrogen-bond acceptors (Lipinski definition) is 5. The Hall–Kier alpha value is -0.940. The minimum Gasteiger partial charge on any atom is -0.385 e. The van der Waals surface area contributed by atoms with Gasteiger partial charge >= 0.3 is 0 Å². The fraction of sp³-hybridized carbons (Fsp3) is 0.750. The number of ether oxygens (including phenoxy) is 1. The summed E-state index contributed by atoms with van der Waals surface area (Å²) in [4.78, 5) is 4.08. The summed E-state index contributed by atoms with van der Waals surface area (Å²) in [6.45, 7) is 3.00. The molecule has 0 radical (unpaired) electrons. The lowest BCUT2D eigenvalue weighted by Crippen LogP contribution is -1.99. The van der Waals surface area contributed by atoms with Crippen molar-refractivity contribution in [1.82, 2.24) is 10.1 Å². The Labute approximate surface area is 75.7 Å². The minimum absolute atomic E-state index is 0.208. The number of hydrogen-bond donors (Lipinski definition) is 1. The predicted octanol–water partition coefficient (Wildman–Crippen LogP) is 0.627. The van der Waals surface area contributed by atoms with Crippen LogP contribution in [0.4, 0.5) is 0 Å². The molecule has 1 aliphatic heterocycles. The first-order valence-electron chi connectivity index (χ1n) is 4.36. The van der Waals surface area contributed by atoms with Gasteiger partial charge in [0.05, 0.1) is 12.5 Å². The van der Waals surface area contributed by atoms with Crippen LogP contribution in [-0.2, 0) is 4.74 Å². The number of nitrogens with zero attached hydrogens (tertiary/aromatic N) is 2. The van der Waals surface area contributed by atoms with Crippen molar-refractivity contribution in [2.75, 3.05) is 13.2 Å². The summed E-state index contributed by atoms with van der Waals surface area (Å²) in [7, 11) is 0. The Bertz CT molecular complexity index is 279. The number of aromatic nitrogens is 2. The van der Waals surface area contributed by atoms with Gasteiger partial charge in [0.1, 0.15) is 6.10 Å². The van der Waals surface area contributed by atoms with Crippen LogP contribution in [-0.4, -0.2) is 28.5 Å². The van der Waals surface area contributed by atoms with Crippen LogP contribution < -0.4 is 0 Å². The monoisotopic (exact) mass is 184 g/mol. The van der Waals surface area contributed by atoms with Crippen molar-refractivity contribution < 1.29 is 14.4 Å². The molecule has 2 atom stereocenters.